The second-order valence-electron chi connectivity index (χ2n) is 5.23. The van der Waals surface area contributed by atoms with E-state index in [4.69, 9.17) is 4.74 Å². The molecule has 2 unspecified atom stereocenters. The van der Waals surface area contributed by atoms with E-state index in [-0.39, 0.29) is 11.7 Å². The molecule has 2 N–H and O–H groups in total. The average molecular weight is 342 g/mol. The van der Waals surface area contributed by atoms with Gasteiger partial charge in [-0.2, -0.15) is 0 Å². The number of carbonyl (C=O) groups is 1. The van der Waals surface area contributed by atoms with Crippen molar-refractivity contribution >= 4 is 21.8 Å². The molecule has 1 saturated carbocycles. The van der Waals surface area contributed by atoms with Gasteiger partial charge in [-0.15, -0.1) is 0 Å². The van der Waals surface area contributed by atoms with Gasteiger partial charge in [-0.25, -0.2) is 0 Å². The lowest BCUT2D eigenvalue weighted by Crippen LogP contribution is -2.31. The van der Waals surface area contributed by atoms with E-state index in [2.05, 4.69) is 21.2 Å². The number of benzene rings is 1. The first-order valence-corrected chi connectivity index (χ1v) is 7.81. The smallest absolute Gasteiger partial charge is 0.251 e. The molecule has 1 aliphatic rings. The molecule has 5 heteroatoms. The van der Waals surface area contributed by atoms with Crippen LogP contribution in [0.4, 0.5) is 0 Å². The average Bonchev–Trinajstić information content (AvgIpc) is 2.44. The lowest BCUT2D eigenvalue weighted by molar-refractivity contribution is 0.0943. The molecule has 1 fully saturated rings. The molecular weight excluding hydrogens is 322 g/mol. The predicted octanol–water partition coefficient (Wildman–Crippen LogP) is 3.08. The van der Waals surface area contributed by atoms with Crippen LogP contribution in [-0.2, 0) is 0 Å². The zero-order valence-corrected chi connectivity index (χ0v) is 13.1. The second kappa shape index (κ2) is 6.97. The molecule has 20 heavy (non-hydrogen) atoms. The number of phenols is 1. The van der Waals surface area contributed by atoms with Gasteiger partial charge in [-0.1, -0.05) is 22.4 Å². The van der Waals surface area contributed by atoms with Gasteiger partial charge in [0.05, 0.1) is 7.11 Å². The fourth-order valence-corrected chi connectivity index (χ4v) is 3.43. The van der Waals surface area contributed by atoms with Crippen LogP contribution < -0.4 is 10.1 Å². The Bertz CT molecular complexity index is 478. The van der Waals surface area contributed by atoms with Gasteiger partial charge in [-0.05, 0) is 43.4 Å². The Morgan fingerprint density at radius 2 is 2.30 bits per heavy atom. The van der Waals surface area contributed by atoms with Gasteiger partial charge in [0, 0.05) is 16.9 Å². The molecule has 1 amide bonds. The first-order valence-electron chi connectivity index (χ1n) is 6.89. The number of ether oxygens (including phenoxy) is 1. The molecule has 0 heterocycles. The van der Waals surface area contributed by atoms with Crippen molar-refractivity contribution in [3.8, 4) is 11.5 Å². The van der Waals surface area contributed by atoms with Gasteiger partial charge in [-0.3, -0.25) is 4.79 Å². The van der Waals surface area contributed by atoms with E-state index in [1.807, 2.05) is 0 Å². The summed E-state index contributed by atoms with van der Waals surface area (Å²) in [6.07, 6.45) is 4.70. The summed E-state index contributed by atoms with van der Waals surface area (Å²) in [7, 11) is 1.48. The zero-order chi connectivity index (χ0) is 14.5. The fraction of sp³-hybridized carbons (Fsp3) is 0.533. The number of methoxy groups -OCH3 is 1. The first-order chi connectivity index (χ1) is 9.60. The van der Waals surface area contributed by atoms with Crippen molar-refractivity contribution in [2.24, 2.45) is 5.92 Å². The number of aromatic hydroxyl groups is 1. The third kappa shape index (κ3) is 3.88. The lowest BCUT2D eigenvalue weighted by Gasteiger charge is -2.25. The number of carbonyl (C=O) groups excluding carboxylic acids is 1. The van der Waals surface area contributed by atoms with Crippen LogP contribution in [0.5, 0.6) is 11.5 Å². The summed E-state index contributed by atoms with van der Waals surface area (Å²) < 4.78 is 4.96. The number of nitrogens with one attached hydrogen (secondary N) is 1. The number of hydrogen-bond acceptors (Lipinski definition) is 3. The Hall–Kier alpha value is -1.23. The van der Waals surface area contributed by atoms with Crippen LogP contribution in [0.2, 0.25) is 0 Å². The Kier molecular flexibility index (Phi) is 5.29. The number of amides is 1. The summed E-state index contributed by atoms with van der Waals surface area (Å²) in [6, 6.07) is 4.68. The maximum atomic E-state index is 12.0. The second-order valence-corrected chi connectivity index (χ2v) is 6.52. The Morgan fingerprint density at radius 3 is 2.95 bits per heavy atom. The summed E-state index contributed by atoms with van der Waals surface area (Å²) in [6.45, 7) is 0.688. The summed E-state index contributed by atoms with van der Waals surface area (Å²) >= 11 is 3.65. The van der Waals surface area contributed by atoms with E-state index in [1.165, 1.54) is 26.0 Å². The van der Waals surface area contributed by atoms with E-state index < -0.39 is 0 Å². The number of phenolic OH excluding ortho intramolecular Hbond substituents is 1. The Labute approximate surface area is 127 Å². The van der Waals surface area contributed by atoms with Gasteiger partial charge in [0.2, 0.25) is 0 Å². The summed E-state index contributed by atoms with van der Waals surface area (Å²) in [5.74, 6) is 0.734. The molecule has 0 spiro atoms. The molecule has 0 bridgehead atoms. The normalized spacial score (nSPS) is 22.3. The van der Waals surface area contributed by atoms with Crippen molar-refractivity contribution in [2.45, 2.75) is 30.5 Å². The molecule has 0 aromatic heterocycles. The zero-order valence-electron chi connectivity index (χ0n) is 11.6. The van der Waals surface area contributed by atoms with E-state index in [1.54, 1.807) is 12.1 Å². The molecular formula is C15H20BrNO3. The van der Waals surface area contributed by atoms with Gasteiger partial charge in [0.25, 0.3) is 5.91 Å². The van der Waals surface area contributed by atoms with E-state index >= 15 is 0 Å². The number of hydrogen-bond donors (Lipinski definition) is 2. The van der Waals surface area contributed by atoms with Crippen molar-refractivity contribution in [1.82, 2.24) is 5.32 Å². The highest BCUT2D eigenvalue weighted by Gasteiger charge is 2.20. The summed E-state index contributed by atoms with van der Waals surface area (Å²) in [5.41, 5.74) is 0.453. The maximum Gasteiger partial charge on any atom is 0.251 e. The number of halogens is 1. The van der Waals surface area contributed by atoms with Crippen LogP contribution in [0.1, 0.15) is 36.0 Å². The minimum absolute atomic E-state index is 0.0154. The van der Waals surface area contributed by atoms with Crippen LogP contribution in [0.3, 0.4) is 0 Å². The highest BCUT2D eigenvalue weighted by molar-refractivity contribution is 9.09. The largest absolute Gasteiger partial charge is 0.504 e. The van der Waals surface area contributed by atoms with Gasteiger partial charge >= 0.3 is 0 Å². The van der Waals surface area contributed by atoms with Crippen LogP contribution >= 0.6 is 15.9 Å². The molecule has 2 atom stereocenters. The SMILES string of the molecule is COc1ccc(C(=O)NCC2CCCC(Br)C2)cc1O. The molecule has 1 aromatic carbocycles. The third-order valence-corrected chi connectivity index (χ3v) is 4.54. The van der Waals surface area contributed by atoms with Crippen molar-refractivity contribution in [2.75, 3.05) is 13.7 Å². The van der Waals surface area contributed by atoms with Crippen molar-refractivity contribution in [1.29, 1.82) is 0 Å². The minimum atomic E-state index is -0.153. The minimum Gasteiger partial charge on any atom is -0.504 e. The van der Waals surface area contributed by atoms with E-state index in [0.29, 0.717) is 28.6 Å². The molecule has 2 rings (SSSR count). The first kappa shape index (κ1) is 15.2. The molecule has 0 saturated heterocycles. The van der Waals surface area contributed by atoms with Gasteiger partial charge in [0.15, 0.2) is 11.5 Å². The quantitative estimate of drug-likeness (QED) is 0.827. The molecule has 1 aliphatic carbocycles. The Balaban J connectivity index is 1.90. The lowest BCUT2D eigenvalue weighted by atomic mass is 9.89. The molecule has 1 aromatic rings. The van der Waals surface area contributed by atoms with Crippen LogP contribution in [-0.4, -0.2) is 29.5 Å². The number of rotatable bonds is 4. The van der Waals surface area contributed by atoms with E-state index in [9.17, 15) is 9.90 Å². The Morgan fingerprint density at radius 1 is 1.50 bits per heavy atom. The predicted molar refractivity (Wildman–Crippen MR) is 81.7 cm³/mol. The van der Waals surface area contributed by atoms with Gasteiger partial charge < -0.3 is 15.2 Å². The number of alkyl halides is 1. The van der Waals surface area contributed by atoms with Crippen molar-refractivity contribution in [3.05, 3.63) is 23.8 Å². The molecule has 4 nitrogen and oxygen atoms in total. The van der Waals surface area contributed by atoms with Crippen LogP contribution in [0.15, 0.2) is 18.2 Å². The van der Waals surface area contributed by atoms with Gasteiger partial charge in [0.1, 0.15) is 0 Å². The molecule has 0 aliphatic heterocycles. The fourth-order valence-electron chi connectivity index (χ4n) is 2.58. The molecule has 110 valence electrons. The third-order valence-electron chi connectivity index (χ3n) is 3.71. The van der Waals surface area contributed by atoms with Crippen molar-refractivity contribution < 1.29 is 14.6 Å². The molecule has 0 radical (unpaired) electrons. The monoisotopic (exact) mass is 341 g/mol. The highest BCUT2D eigenvalue weighted by atomic mass is 79.9. The summed E-state index contributed by atoms with van der Waals surface area (Å²) in [4.78, 5) is 12.6. The maximum absolute atomic E-state index is 12.0. The van der Waals surface area contributed by atoms with Crippen LogP contribution in [0.25, 0.3) is 0 Å². The highest BCUT2D eigenvalue weighted by Crippen LogP contribution is 2.29. The van der Waals surface area contributed by atoms with Crippen molar-refractivity contribution in [3.63, 3.8) is 0 Å². The topological polar surface area (TPSA) is 58.6 Å². The van der Waals surface area contributed by atoms with E-state index in [0.717, 1.165) is 12.8 Å². The standard InChI is InChI=1S/C15H20BrNO3/c1-20-14-6-5-11(8-13(14)18)15(19)17-9-10-3-2-4-12(16)7-10/h5-6,8,10,12,18H,2-4,7,9H2,1H3,(H,17,19). The summed E-state index contributed by atoms with van der Waals surface area (Å²) in [5, 5.41) is 12.6. The van der Waals surface area contributed by atoms with Crippen LogP contribution in [0, 0.1) is 5.92 Å².